The van der Waals surface area contributed by atoms with Crippen LogP contribution in [0, 0.1) is 27.4 Å². The van der Waals surface area contributed by atoms with E-state index in [1.165, 1.54) is 6.92 Å². The molecule has 0 unspecified atom stereocenters. The van der Waals surface area contributed by atoms with Gasteiger partial charge in [-0.15, -0.1) is 0 Å². The van der Waals surface area contributed by atoms with Crippen LogP contribution in [0.5, 0.6) is 0 Å². The fourth-order valence-electron chi connectivity index (χ4n) is 6.46. The number of benzene rings is 1. The van der Waals surface area contributed by atoms with Gasteiger partial charge in [-0.1, -0.05) is 0 Å². The van der Waals surface area contributed by atoms with Crippen LogP contribution in [0.4, 0.5) is 24.5 Å². The Kier molecular flexibility index (Phi) is 5.81. The van der Waals surface area contributed by atoms with Gasteiger partial charge in [0.15, 0.2) is 6.61 Å². The Hall–Kier alpha value is -3.18. The van der Waals surface area contributed by atoms with E-state index in [2.05, 4.69) is 10.6 Å². The van der Waals surface area contributed by atoms with Crippen LogP contribution in [-0.4, -0.2) is 34.9 Å². The third kappa shape index (κ3) is 4.58. The summed E-state index contributed by atoms with van der Waals surface area (Å²) >= 11 is 0. The second-order valence-corrected chi connectivity index (χ2v) is 9.81. The molecule has 2 atom stereocenters. The van der Waals surface area contributed by atoms with Crippen LogP contribution in [0.15, 0.2) is 18.2 Å². The first-order valence-corrected chi connectivity index (χ1v) is 10.9. The number of nitrogens with zero attached hydrogens (tertiary/aromatic N) is 1. The Labute approximate surface area is 192 Å². The molecule has 34 heavy (non-hydrogen) atoms. The van der Waals surface area contributed by atoms with Crippen molar-refractivity contribution in [1.29, 1.82) is 0 Å². The van der Waals surface area contributed by atoms with Crippen LogP contribution in [0.1, 0.15) is 51.0 Å². The van der Waals surface area contributed by atoms with E-state index in [4.69, 9.17) is 4.74 Å². The summed E-state index contributed by atoms with van der Waals surface area (Å²) in [5.41, 5.74) is -3.85. The summed E-state index contributed by atoms with van der Waals surface area (Å²) in [6.07, 6.45) is -0.557. The predicted molar refractivity (Wildman–Crippen MR) is 111 cm³/mol. The molecule has 0 spiro atoms. The highest BCUT2D eigenvalue weighted by Gasteiger charge is 2.61. The Bertz CT molecular complexity index is 1040. The summed E-state index contributed by atoms with van der Waals surface area (Å²) in [5.74, 6) is -1.09. The van der Waals surface area contributed by atoms with E-state index in [9.17, 15) is 37.7 Å². The minimum absolute atomic E-state index is 0.164. The van der Waals surface area contributed by atoms with Crippen molar-refractivity contribution in [1.82, 2.24) is 5.32 Å². The standard InChI is InChI=1S/C22H24F3N3O6/c1-12(29)27-21-8-13-4-14(9-21)7-20(6-13,11-21)19(31)34-10-18(30)26-16-3-2-15(22(23,24)25)5-17(16)28(32)33/h2-3,5,13-14H,4,6-11H2,1H3,(H,26,30)(H,27,29)/t13-,14-,20?,21?/m1/s1. The van der Waals surface area contributed by atoms with E-state index in [0.29, 0.717) is 31.4 Å². The lowest BCUT2D eigenvalue weighted by molar-refractivity contribution is -0.384. The molecule has 4 saturated carbocycles. The van der Waals surface area contributed by atoms with Gasteiger partial charge < -0.3 is 15.4 Å². The molecule has 5 rings (SSSR count). The summed E-state index contributed by atoms with van der Waals surface area (Å²) in [7, 11) is 0. The van der Waals surface area contributed by atoms with Gasteiger partial charge >= 0.3 is 12.1 Å². The first-order chi connectivity index (χ1) is 15.8. The maximum atomic E-state index is 13.1. The topological polar surface area (TPSA) is 128 Å². The Morgan fingerprint density at radius 3 is 2.38 bits per heavy atom. The van der Waals surface area contributed by atoms with Crippen molar-refractivity contribution in [2.24, 2.45) is 17.3 Å². The maximum absolute atomic E-state index is 13.1. The summed E-state index contributed by atoms with van der Waals surface area (Å²) in [6, 6.07) is 1.74. The van der Waals surface area contributed by atoms with Crippen molar-refractivity contribution in [3.63, 3.8) is 0 Å². The van der Waals surface area contributed by atoms with Crippen LogP contribution < -0.4 is 10.6 Å². The van der Waals surface area contributed by atoms with E-state index in [1.807, 2.05) is 0 Å². The summed E-state index contributed by atoms with van der Waals surface area (Å²) < 4.78 is 43.8. The zero-order valence-corrected chi connectivity index (χ0v) is 18.4. The number of nitro benzene ring substituents is 1. The number of nitro groups is 1. The zero-order valence-electron chi connectivity index (χ0n) is 18.4. The number of esters is 1. The second-order valence-electron chi connectivity index (χ2n) is 9.81. The number of hydrogen-bond donors (Lipinski definition) is 2. The van der Waals surface area contributed by atoms with E-state index >= 15 is 0 Å². The molecule has 4 fully saturated rings. The SMILES string of the molecule is CC(=O)NC12C[C@@H]3C[C@@H](C1)CC(C(=O)OCC(=O)Nc1ccc(C(F)(F)F)cc1[N+](=O)[O-])(C3)C2. The molecule has 0 aliphatic heterocycles. The largest absolute Gasteiger partial charge is 0.455 e. The Morgan fingerprint density at radius 1 is 1.18 bits per heavy atom. The monoisotopic (exact) mass is 483 g/mol. The first-order valence-electron chi connectivity index (χ1n) is 10.9. The van der Waals surface area contributed by atoms with Crippen LogP contribution in [0.3, 0.4) is 0 Å². The van der Waals surface area contributed by atoms with Gasteiger partial charge in [-0.3, -0.25) is 24.5 Å². The predicted octanol–water partition coefficient (Wildman–Crippen LogP) is 3.57. The minimum atomic E-state index is -4.78. The number of ether oxygens (including phenoxy) is 1. The van der Waals surface area contributed by atoms with Crippen LogP contribution in [0.25, 0.3) is 0 Å². The quantitative estimate of drug-likeness (QED) is 0.362. The smallest absolute Gasteiger partial charge is 0.416 e. The molecule has 0 saturated heterocycles. The molecule has 12 heteroatoms. The number of carbonyl (C=O) groups excluding carboxylic acids is 3. The molecule has 4 aliphatic rings. The molecule has 4 bridgehead atoms. The fourth-order valence-corrected chi connectivity index (χ4v) is 6.46. The van der Waals surface area contributed by atoms with Crippen molar-refractivity contribution in [3.05, 3.63) is 33.9 Å². The average Bonchev–Trinajstić information content (AvgIpc) is 2.69. The van der Waals surface area contributed by atoms with E-state index < -0.39 is 57.5 Å². The normalized spacial score (nSPS) is 29.4. The van der Waals surface area contributed by atoms with Crippen molar-refractivity contribution in [2.75, 3.05) is 11.9 Å². The lowest BCUT2D eigenvalue weighted by Gasteiger charge is -2.60. The molecule has 2 amide bonds. The van der Waals surface area contributed by atoms with Gasteiger partial charge in [0, 0.05) is 18.5 Å². The molecule has 0 heterocycles. The van der Waals surface area contributed by atoms with Gasteiger partial charge in [0.05, 0.1) is 15.9 Å². The van der Waals surface area contributed by atoms with Gasteiger partial charge in [0.1, 0.15) is 5.69 Å². The molecule has 1 aromatic carbocycles. The van der Waals surface area contributed by atoms with Crippen LogP contribution >= 0.6 is 0 Å². The first kappa shape index (κ1) is 24.0. The van der Waals surface area contributed by atoms with E-state index in [1.54, 1.807) is 0 Å². The molecule has 2 N–H and O–H groups in total. The number of anilines is 1. The van der Waals surface area contributed by atoms with Gasteiger partial charge in [0.2, 0.25) is 5.91 Å². The maximum Gasteiger partial charge on any atom is 0.416 e. The number of nitrogens with one attached hydrogen (secondary N) is 2. The van der Waals surface area contributed by atoms with E-state index in [0.717, 1.165) is 25.3 Å². The molecule has 0 radical (unpaired) electrons. The van der Waals surface area contributed by atoms with Gasteiger partial charge in [-0.25, -0.2) is 0 Å². The number of amides is 2. The van der Waals surface area contributed by atoms with E-state index in [-0.39, 0.29) is 17.7 Å². The minimum Gasteiger partial charge on any atom is -0.455 e. The highest BCUT2D eigenvalue weighted by molar-refractivity contribution is 5.95. The molecule has 1 aromatic rings. The lowest BCUT2D eigenvalue weighted by atomic mass is 9.47. The molecule has 4 aliphatic carbocycles. The summed E-state index contributed by atoms with van der Waals surface area (Å²) in [4.78, 5) is 47.3. The Morgan fingerprint density at radius 2 is 1.82 bits per heavy atom. The molecular formula is C22H24F3N3O6. The number of hydrogen-bond acceptors (Lipinski definition) is 6. The number of carbonyl (C=O) groups is 3. The Balaban J connectivity index is 1.42. The highest BCUT2D eigenvalue weighted by Crippen LogP contribution is 2.62. The van der Waals surface area contributed by atoms with Gasteiger partial charge in [0.25, 0.3) is 11.6 Å². The number of alkyl halides is 3. The molecule has 9 nitrogen and oxygen atoms in total. The third-order valence-corrected chi connectivity index (χ3v) is 7.07. The van der Waals surface area contributed by atoms with Crippen molar-refractivity contribution in [2.45, 2.75) is 57.2 Å². The highest BCUT2D eigenvalue weighted by atomic mass is 19.4. The lowest BCUT2D eigenvalue weighted by Crippen LogP contribution is -2.64. The van der Waals surface area contributed by atoms with Gasteiger partial charge in [-0.05, 0) is 62.5 Å². The van der Waals surface area contributed by atoms with Crippen molar-refractivity contribution >= 4 is 29.2 Å². The van der Waals surface area contributed by atoms with Crippen LogP contribution in [-0.2, 0) is 25.3 Å². The number of rotatable bonds is 6. The van der Waals surface area contributed by atoms with Crippen molar-refractivity contribution < 1.29 is 37.2 Å². The summed E-state index contributed by atoms with van der Waals surface area (Å²) in [6.45, 7) is 0.704. The summed E-state index contributed by atoms with van der Waals surface area (Å²) in [5, 5.41) is 16.4. The van der Waals surface area contributed by atoms with Crippen LogP contribution in [0.2, 0.25) is 0 Å². The number of halogens is 3. The second kappa shape index (κ2) is 8.24. The van der Waals surface area contributed by atoms with Gasteiger partial charge in [-0.2, -0.15) is 13.2 Å². The average molecular weight is 483 g/mol. The molecule has 0 aromatic heterocycles. The molecule has 184 valence electrons. The zero-order chi connectivity index (χ0) is 24.9. The fraction of sp³-hybridized carbons (Fsp3) is 0.591. The third-order valence-electron chi connectivity index (χ3n) is 7.07. The van der Waals surface area contributed by atoms with Crippen molar-refractivity contribution in [3.8, 4) is 0 Å². The molecular weight excluding hydrogens is 459 g/mol.